The van der Waals surface area contributed by atoms with Gasteiger partial charge < -0.3 is 15.0 Å². The average Bonchev–Trinajstić information content (AvgIpc) is 2.72. The van der Waals surface area contributed by atoms with Crippen LogP contribution in [-0.4, -0.2) is 42.1 Å². The van der Waals surface area contributed by atoms with Gasteiger partial charge in [-0.3, -0.25) is 0 Å². The third-order valence-corrected chi connectivity index (χ3v) is 4.79. The number of fused-ring (bicyclic) bond motifs is 1. The fourth-order valence-electron chi connectivity index (χ4n) is 2.73. The number of amides is 2. The smallest absolute Gasteiger partial charge is 0.317 e. The lowest BCUT2D eigenvalue weighted by atomic mass is 10.0. The van der Waals surface area contributed by atoms with Crippen molar-refractivity contribution in [1.29, 1.82) is 0 Å². The molecule has 0 aromatic heterocycles. The molecule has 6 heteroatoms. The first kappa shape index (κ1) is 14.5. The molecule has 1 N–H and O–H groups in total. The van der Waals surface area contributed by atoms with Crippen LogP contribution in [0.4, 0.5) is 9.18 Å². The third kappa shape index (κ3) is 3.26. The zero-order chi connectivity index (χ0) is 14.7. The van der Waals surface area contributed by atoms with Crippen LogP contribution in [-0.2, 0) is 0 Å². The van der Waals surface area contributed by atoms with Gasteiger partial charge in [0, 0.05) is 30.2 Å². The molecule has 2 heterocycles. The van der Waals surface area contributed by atoms with Crippen LogP contribution < -0.4 is 10.1 Å². The lowest BCUT2D eigenvalue weighted by molar-refractivity contribution is 0.198. The van der Waals surface area contributed by atoms with Gasteiger partial charge in [-0.2, -0.15) is 11.8 Å². The molecule has 1 aromatic carbocycles. The van der Waals surface area contributed by atoms with Crippen molar-refractivity contribution in [3.63, 3.8) is 0 Å². The summed E-state index contributed by atoms with van der Waals surface area (Å²) in [5, 5.41) is 3.04. The van der Waals surface area contributed by atoms with Crippen LogP contribution in [0.1, 0.15) is 24.4 Å². The Balaban J connectivity index is 1.76. The second-order valence-corrected chi connectivity index (χ2v) is 6.48. The van der Waals surface area contributed by atoms with Gasteiger partial charge in [0.1, 0.15) is 0 Å². The van der Waals surface area contributed by atoms with Gasteiger partial charge in [0.15, 0.2) is 11.6 Å². The molecule has 0 spiro atoms. The summed E-state index contributed by atoms with van der Waals surface area (Å²) in [7, 11) is 0. The van der Waals surface area contributed by atoms with Crippen LogP contribution >= 0.6 is 11.8 Å². The van der Waals surface area contributed by atoms with Crippen molar-refractivity contribution in [2.45, 2.75) is 18.9 Å². The Morgan fingerprint density at radius 3 is 3.00 bits per heavy atom. The summed E-state index contributed by atoms with van der Waals surface area (Å²) in [6.07, 6.45) is 1.57. The highest BCUT2D eigenvalue weighted by Crippen LogP contribution is 2.33. The number of carbonyl (C=O) groups is 1. The maximum absolute atomic E-state index is 13.9. The van der Waals surface area contributed by atoms with Crippen molar-refractivity contribution in [3.05, 3.63) is 29.6 Å². The highest BCUT2D eigenvalue weighted by atomic mass is 32.2. The van der Waals surface area contributed by atoms with E-state index in [2.05, 4.69) is 5.32 Å². The lowest BCUT2D eigenvalue weighted by Crippen LogP contribution is -2.45. The minimum absolute atomic E-state index is 0.0580. The SMILES string of the molecule is O=C(N[C@H]1CCCOc2c(F)cccc21)N1CCSCC1. The Morgan fingerprint density at radius 2 is 2.19 bits per heavy atom. The second kappa shape index (κ2) is 6.56. The van der Waals surface area contributed by atoms with E-state index in [1.807, 2.05) is 22.7 Å². The van der Waals surface area contributed by atoms with Crippen molar-refractivity contribution in [1.82, 2.24) is 10.2 Å². The molecule has 1 saturated heterocycles. The molecular formula is C15H19FN2O2S. The molecule has 0 bridgehead atoms. The summed E-state index contributed by atoms with van der Waals surface area (Å²) in [4.78, 5) is 14.2. The summed E-state index contributed by atoms with van der Waals surface area (Å²) in [6.45, 7) is 2.03. The van der Waals surface area contributed by atoms with Crippen molar-refractivity contribution in [2.75, 3.05) is 31.2 Å². The molecular weight excluding hydrogens is 291 g/mol. The van der Waals surface area contributed by atoms with Crippen molar-refractivity contribution in [3.8, 4) is 5.75 Å². The Hall–Kier alpha value is -1.43. The van der Waals surface area contributed by atoms with Crippen LogP contribution in [0.3, 0.4) is 0 Å². The molecule has 2 aliphatic rings. The minimum Gasteiger partial charge on any atom is -0.490 e. The highest BCUT2D eigenvalue weighted by Gasteiger charge is 2.26. The zero-order valence-electron chi connectivity index (χ0n) is 11.8. The number of nitrogens with zero attached hydrogens (tertiary/aromatic N) is 1. The summed E-state index contributed by atoms with van der Waals surface area (Å²) >= 11 is 1.86. The van der Waals surface area contributed by atoms with E-state index in [0.717, 1.165) is 43.0 Å². The summed E-state index contributed by atoms with van der Waals surface area (Å²) < 4.78 is 19.4. The molecule has 2 aliphatic heterocycles. The predicted molar refractivity (Wildman–Crippen MR) is 81.3 cm³/mol. The van der Waals surface area contributed by atoms with Gasteiger partial charge in [0.05, 0.1) is 12.6 Å². The fraction of sp³-hybridized carbons (Fsp3) is 0.533. The van der Waals surface area contributed by atoms with Crippen molar-refractivity contribution in [2.24, 2.45) is 0 Å². The number of nitrogens with one attached hydrogen (secondary N) is 1. The number of thioether (sulfide) groups is 1. The van der Waals surface area contributed by atoms with E-state index >= 15 is 0 Å². The maximum atomic E-state index is 13.9. The summed E-state index contributed by atoms with van der Waals surface area (Å²) in [5.74, 6) is 1.89. The number of para-hydroxylation sites is 1. The van der Waals surface area contributed by atoms with Crippen LogP contribution in [0.25, 0.3) is 0 Å². The fourth-order valence-corrected chi connectivity index (χ4v) is 3.63. The average molecular weight is 310 g/mol. The monoisotopic (exact) mass is 310 g/mol. The van der Waals surface area contributed by atoms with Crippen LogP contribution in [0.2, 0.25) is 0 Å². The first-order valence-electron chi connectivity index (χ1n) is 7.30. The number of benzene rings is 1. The normalized spacial score (nSPS) is 22.0. The number of urea groups is 1. The molecule has 1 fully saturated rings. The first-order valence-corrected chi connectivity index (χ1v) is 8.45. The van der Waals surface area contributed by atoms with E-state index in [9.17, 15) is 9.18 Å². The molecule has 0 aliphatic carbocycles. The topological polar surface area (TPSA) is 41.6 Å². The van der Waals surface area contributed by atoms with E-state index in [0.29, 0.717) is 6.61 Å². The molecule has 0 saturated carbocycles. The van der Waals surface area contributed by atoms with Gasteiger partial charge in [-0.25, -0.2) is 9.18 Å². The second-order valence-electron chi connectivity index (χ2n) is 5.25. The molecule has 21 heavy (non-hydrogen) atoms. The zero-order valence-corrected chi connectivity index (χ0v) is 12.6. The lowest BCUT2D eigenvalue weighted by Gasteiger charge is -2.29. The Kier molecular flexibility index (Phi) is 4.53. The molecule has 1 aromatic rings. The quantitative estimate of drug-likeness (QED) is 0.867. The molecule has 1 atom stereocenters. The predicted octanol–water partition coefficient (Wildman–Crippen LogP) is 2.80. The van der Waals surface area contributed by atoms with E-state index in [4.69, 9.17) is 4.74 Å². The first-order chi connectivity index (χ1) is 10.3. The molecule has 0 radical (unpaired) electrons. The van der Waals surface area contributed by atoms with Crippen LogP contribution in [0.5, 0.6) is 5.75 Å². The number of carbonyl (C=O) groups excluding carboxylic acids is 1. The van der Waals surface area contributed by atoms with Crippen molar-refractivity contribution < 1.29 is 13.9 Å². The Labute approximate surface area is 128 Å². The van der Waals surface area contributed by atoms with E-state index in [1.165, 1.54) is 6.07 Å². The number of ether oxygens (including phenoxy) is 1. The van der Waals surface area contributed by atoms with Gasteiger partial charge in [-0.1, -0.05) is 12.1 Å². The Morgan fingerprint density at radius 1 is 1.38 bits per heavy atom. The maximum Gasteiger partial charge on any atom is 0.317 e. The Bertz CT molecular complexity index is 520. The molecule has 114 valence electrons. The molecule has 2 amide bonds. The van der Waals surface area contributed by atoms with Gasteiger partial charge in [-0.05, 0) is 18.9 Å². The highest BCUT2D eigenvalue weighted by molar-refractivity contribution is 7.99. The number of rotatable bonds is 1. The molecule has 4 nitrogen and oxygen atoms in total. The number of halogens is 1. The number of hydrogen-bond acceptors (Lipinski definition) is 3. The third-order valence-electron chi connectivity index (χ3n) is 3.85. The minimum atomic E-state index is -0.358. The summed E-state index contributed by atoms with van der Waals surface area (Å²) in [5.41, 5.74) is 0.743. The van der Waals surface area contributed by atoms with Crippen LogP contribution in [0, 0.1) is 5.82 Å². The van der Waals surface area contributed by atoms with E-state index < -0.39 is 0 Å². The number of hydrogen-bond donors (Lipinski definition) is 1. The molecule has 3 rings (SSSR count). The van der Waals surface area contributed by atoms with E-state index in [-0.39, 0.29) is 23.6 Å². The van der Waals surface area contributed by atoms with Gasteiger partial charge in [-0.15, -0.1) is 0 Å². The van der Waals surface area contributed by atoms with Crippen molar-refractivity contribution >= 4 is 17.8 Å². The largest absolute Gasteiger partial charge is 0.490 e. The van der Waals surface area contributed by atoms with Crippen LogP contribution in [0.15, 0.2) is 18.2 Å². The van der Waals surface area contributed by atoms with Gasteiger partial charge >= 0.3 is 6.03 Å². The van der Waals surface area contributed by atoms with E-state index in [1.54, 1.807) is 6.07 Å². The standard InChI is InChI=1S/C15H19FN2O2S/c16-12-4-1-3-11-13(5-2-8-20-14(11)12)17-15(19)18-6-9-21-10-7-18/h1,3-4,13H,2,5-10H2,(H,17,19)/t13-/m0/s1. The van der Waals surface area contributed by atoms with Gasteiger partial charge in [0.25, 0.3) is 0 Å². The molecule has 0 unspecified atom stereocenters. The summed E-state index contributed by atoms with van der Waals surface area (Å²) in [6, 6.07) is 4.66. The van der Waals surface area contributed by atoms with Gasteiger partial charge in [0.2, 0.25) is 0 Å².